The van der Waals surface area contributed by atoms with Crippen molar-refractivity contribution in [2.45, 2.75) is 13.5 Å². The van der Waals surface area contributed by atoms with Crippen LogP contribution < -0.4 is 5.32 Å². The molecule has 0 atom stereocenters. The van der Waals surface area contributed by atoms with Gasteiger partial charge < -0.3 is 4.42 Å². The lowest BCUT2D eigenvalue weighted by molar-refractivity contribution is 0.102. The highest BCUT2D eigenvalue weighted by atomic mass is 32.1. The average Bonchev–Trinajstić information content (AvgIpc) is 3.42. The molecule has 0 bridgehead atoms. The van der Waals surface area contributed by atoms with Gasteiger partial charge >= 0.3 is 0 Å². The molecule has 0 saturated heterocycles. The molecule has 0 saturated carbocycles. The highest BCUT2D eigenvalue weighted by Gasteiger charge is 2.20. The molecule has 0 unspecified atom stereocenters. The fourth-order valence-corrected chi connectivity index (χ4v) is 3.26. The Morgan fingerprint density at radius 3 is 2.81 bits per heavy atom. The molecule has 0 radical (unpaired) electrons. The van der Waals surface area contributed by atoms with Gasteiger partial charge in [-0.1, -0.05) is 41.7 Å². The molecule has 3 heterocycles. The summed E-state index contributed by atoms with van der Waals surface area (Å²) in [6, 6.07) is 11.3. The first-order valence-corrected chi connectivity index (χ1v) is 8.74. The molecule has 0 aliphatic heterocycles. The van der Waals surface area contributed by atoms with Gasteiger partial charge in [-0.25, -0.2) is 4.98 Å². The first-order chi connectivity index (χ1) is 12.7. The monoisotopic (exact) mass is 366 g/mol. The first kappa shape index (κ1) is 16.2. The van der Waals surface area contributed by atoms with Crippen molar-refractivity contribution in [3.63, 3.8) is 0 Å². The molecular weight excluding hydrogens is 352 g/mol. The number of hydrogen-bond acceptors (Lipinski definition) is 7. The van der Waals surface area contributed by atoms with E-state index in [9.17, 15) is 4.79 Å². The Labute approximate surface area is 152 Å². The molecule has 1 N–H and O–H groups in total. The number of furan rings is 1. The summed E-state index contributed by atoms with van der Waals surface area (Å²) >= 11 is 1.30. The third-order valence-electron chi connectivity index (χ3n) is 3.62. The van der Waals surface area contributed by atoms with Crippen LogP contribution in [0.25, 0.3) is 22.0 Å². The van der Waals surface area contributed by atoms with Gasteiger partial charge in [0, 0.05) is 5.56 Å². The van der Waals surface area contributed by atoms with Crippen molar-refractivity contribution in [2.75, 3.05) is 5.32 Å². The van der Waals surface area contributed by atoms with Gasteiger partial charge in [0.1, 0.15) is 11.1 Å². The second-order valence-corrected chi connectivity index (χ2v) is 6.33. The third-order valence-corrected chi connectivity index (χ3v) is 4.58. The number of hydrogen-bond donors (Lipinski definition) is 1. The SMILES string of the molecule is CCn1nnc(-c2sc(NC(=O)c3ccoc3)nc2-c2ccccc2)n1. The lowest BCUT2D eigenvalue weighted by Gasteiger charge is -1.98. The minimum absolute atomic E-state index is 0.288. The maximum absolute atomic E-state index is 12.3. The van der Waals surface area contributed by atoms with E-state index in [0.29, 0.717) is 28.8 Å². The van der Waals surface area contributed by atoms with Crippen LogP contribution in [0.1, 0.15) is 17.3 Å². The number of rotatable bonds is 5. The second-order valence-electron chi connectivity index (χ2n) is 5.33. The summed E-state index contributed by atoms with van der Waals surface area (Å²) in [6.45, 7) is 2.56. The maximum atomic E-state index is 12.3. The quantitative estimate of drug-likeness (QED) is 0.582. The zero-order valence-electron chi connectivity index (χ0n) is 13.8. The molecule has 0 aliphatic carbocycles. The standard InChI is InChI=1S/C17H14N6O2S/c1-2-23-21-15(20-22-23)14-13(11-6-4-3-5-7-11)18-17(26-14)19-16(24)12-8-9-25-10-12/h3-10H,2H2,1H3,(H,18,19,24). The molecule has 1 amide bonds. The van der Waals surface area contributed by atoms with E-state index in [1.54, 1.807) is 6.07 Å². The molecule has 0 spiro atoms. The van der Waals surface area contributed by atoms with Gasteiger partial charge in [0.2, 0.25) is 5.82 Å². The summed E-state index contributed by atoms with van der Waals surface area (Å²) in [6.07, 6.45) is 2.83. The Hall–Kier alpha value is -3.33. The van der Waals surface area contributed by atoms with Crippen molar-refractivity contribution >= 4 is 22.4 Å². The Balaban J connectivity index is 1.74. The molecule has 4 aromatic rings. The number of anilines is 1. The van der Waals surface area contributed by atoms with E-state index in [2.05, 4.69) is 25.7 Å². The maximum Gasteiger partial charge on any atom is 0.260 e. The van der Waals surface area contributed by atoms with Crippen LogP contribution in [0.15, 0.2) is 53.3 Å². The summed E-state index contributed by atoms with van der Waals surface area (Å²) in [5, 5.41) is 15.7. The van der Waals surface area contributed by atoms with Gasteiger partial charge in [0.15, 0.2) is 5.13 Å². The molecule has 4 rings (SSSR count). The Morgan fingerprint density at radius 1 is 1.27 bits per heavy atom. The summed E-state index contributed by atoms with van der Waals surface area (Å²) < 4.78 is 4.95. The van der Waals surface area contributed by atoms with Gasteiger partial charge in [0.25, 0.3) is 5.91 Å². The first-order valence-electron chi connectivity index (χ1n) is 7.92. The van der Waals surface area contributed by atoms with Gasteiger partial charge in [-0.15, -0.1) is 10.2 Å². The highest BCUT2D eigenvalue weighted by Crippen LogP contribution is 2.37. The van der Waals surface area contributed by atoms with Gasteiger partial charge in [-0.2, -0.15) is 4.80 Å². The molecular formula is C17H14N6O2S. The molecule has 0 fully saturated rings. The van der Waals surface area contributed by atoms with Crippen LogP contribution >= 0.6 is 11.3 Å². The Bertz CT molecular complexity index is 1020. The van der Waals surface area contributed by atoms with Crippen molar-refractivity contribution in [1.82, 2.24) is 25.2 Å². The van der Waals surface area contributed by atoms with Crippen molar-refractivity contribution in [2.24, 2.45) is 0 Å². The van der Waals surface area contributed by atoms with Crippen LogP contribution in [0.5, 0.6) is 0 Å². The number of nitrogens with one attached hydrogen (secondary N) is 1. The van der Waals surface area contributed by atoms with Gasteiger partial charge in [-0.3, -0.25) is 10.1 Å². The predicted octanol–water partition coefficient (Wildman–Crippen LogP) is 3.33. The van der Waals surface area contributed by atoms with E-state index >= 15 is 0 Å². The van der Waals surface area contributed by atoms with Crippen LogP contribution in [-0.2, 0) is 6.54 Å². The van der Waals surface area contributed by atoms with Crippen LogP contribution in [0.2, 0.25) is 0 Å². The lowest BCUT2D eigenvalue weighted by Crippen LogP contribution is -2.10. The van der Waals surface area contributed by atoms with E-state index in [-0.39, 0.29) is 5.91 Å². The Morgan fingerprint density at radius 2 is 2.12 bits per heavy atom. The van der Waals surface area contributed by atoms with Crippen LogP contribution in [-0.4, -0.2) is 31.1 Å². The molecule has 3 aromatic heterocycles. The van der Waals surface area contributed by atoms with E-state index in [4.69, 9.17) is 4.42 Å². The van der Waals surface area contributed by atoms with Crippen LogP contribution in [0, 0.1) is 0 Å². The van der Waals surface area contributed by atoms with E-state index in [1.807, 2.05) is 37.3 Å². The number of nitrogens with zero attached hydrogens (tertiary/aromatic N) is 5. The number of amides is 1. The molecule has 9 heteroatoms. The van der Waals surface area contributed by atoms with Crippen molar-refractivity contribution < 1.29 is 9.21 Å². The number of carbonyl (C=O) groups is 1. The van der Waals surface area contributed by atoms with E-state index in [0.717, 1.165) is 10.4 Å². The number of thiazole rings is 1. The smallest absolute Gasteiger partial charge is 0.260 e. The molecule has 26 heavy (non-hydrogen) atoms. The van der Waals surface area contributed by atoms with E-state index < -0.39 is 0 Å². The highest BCUT2D eigenvalue weighted by molar-refractivity contribution is 7.19. The van der Waals surface area contributed by atoms with Gasteiger partial charge in [-0.05, 0) is 18.2 Å². The summed E-state index contributed by atoms with van der Waals surface area (Å²) in [4.78, 5) is 19.1. The lowest BCUT2D eigenvalue weighted by atomic mass is 10.1. The minimum Gasteiger partial charge on any atom is -0.472 e. The molecule has 0 aliphatic rings. The van der Waals surface area contributed by atoms with Crippen molar-refractivity contribution in [3.8, 4) is 22.0 Å². The van der Waals surface area contributed by atoms with Crippen molar-refractivity contribution in [3.05, 3.63) is 54.5 Å². The average molecular weight is 366 g/mol. The summed E-state index contributed by atoms with van der Waals surface area (Å²) in [5.41, 5.74) is 2.04. The molecule has 1 aromatic carbocycles. The second kappa shape index (κ2) is 6.89. The minimum atomic E-state index is -0.288. The fourth-order valence-electron chi connectivity index (χ4n) is 2.35. The molecule has 8 nitrogen and oxygen atoms in total. The zero-order chi connectivity index (χ0) is 17.9. The Kier molecular flexibility index (Phi) is 4.28. The number of aryl methyl sites for hydroxylation is 1. The van der Waals surface area contributed by atoms with Crippen molar-refractivity contribution in [1.29, 1.82) is 0 Å². The number of carbonyl (C=O) groups excluding carboxylic acids is 1. The van der Waals surface area contributed by atoms with Crippen LogP contribution in [0.3, 0.4) is 0 Å². The topological polar surface area (TPSA) is 98.7 Å². The normalized spacial score (nSPS) is 10.8. The third kappa shape index (κ3) is 3.11. The largest absolute Gasteiger partial charge is 0.472 e. The predicted molar refractivity (Wildman–Crippen MR) is 96.7 cm³/mol. The van der Waals surface area contributed by atoms with Crippen LogP contribution in [0.4, 0.5) is 5.13 Å². The van der Waals surface area contributed by atoms with Gasteiger partial charge in [0.05, 0.1) is 24.1 Å². The number of aromatic nitrogens is 5. The van der Waals surface area contributed by atoms with E-state index in [1.165, 1.54) is 28.7 Å². The zero-order valence-corrected chi connectivity index (χ0v) is 14.6. The summed E-state index contributed by atoms with van der Waals surface area (Å²) in [7, 11) is 0. The summed E-state index contributed by atoms with van der Waals surface area (Å²) in [5.74, 6) is 0.191. The number of tetrazole rings is 1. The number of benzene rings is 1. The molecule has 130 valence electrons. The fraction of sp³-hybridized carbons (Fsp3) is 0.118.